The maximum Gasteiger partial charge on any atom is 0.127 e. The van der Waals surface area contributed by atoms with Crippen molar-refractivity contribution in [1.82, 2.24) is 0 Å². The van der Waals surface area contributed by atoms with Gasteiger partial charge in [-0.2, -0.15) is 0 Å². The van der Waals surface area contributed by atoms with E-state index in [9.17, 15) is 5.11 Å². The van der Waals surface area contributed by atoms with E-state index in [0.29, 0.717) is 5.75 Å². The molecule has 0 radical (unpaired) electrons. The second kappa shape index (κ2) is 4.21. The Morgan fingerprint density at radius 1 is 1.47 bits per heavy atom. The molecule has 0 amide bonds. The van der Waals surface area contributed by atoms with E-state index in [1.54, 1.807) is 21.0 Å². The van der Waals surface area contributed by atoms with Gasteiger partial charge in [0.25, 0.3) is 0 Å². The molecule has 2 atom stereocenters. The fourth-order valence-corrected chi connectivity index (χ4v) is 1.57. The molecule has 2 unspecified atom stereocenters. The van der Waals surface area contributed by atoms with Gasteiger partial charge in [0.05, 0.1) is 7.11 Å². The van der Waals surface area contributed by atoms with Crippen LogP contribution in [0.25, 0.3) is 0 Å². The highest BCUT2D eigenvalue weighted by atomic mass is 16.5. The van der Waals surface area contributed by atoms with Gasteiger partial charge in [-0.05, 0) is 26.3 Å². The van der Waals surface area contributed by atoms with Crippen molar-refractivity contribution in [3.63, 3.8) is 0 Å². The molecule has 0 aromatic heterocycles. The Morgan fingerprint density at radius 3 is 2.53 bits per heavy atom. The predicted octanol–water partition coefficient (Wildman–Crippen LogP) is 1.56. The Kier molecular flexibility index (Phi) is 3.37. The highest BCUT2D eigenvalue weighted by Crippen LogP contribution is 2.33. The fraction of sp³-hybridized carbons (Fsp3) is 0.500. The van der Waals surface area contributed by atoms with Crippen molar-refractivity contribution in [2.24, 2.45) is 5.73 Å². The Labute approximate surface area is 90.9 Å². The van der Waals surface area contributed by atoms with Gasteiger partial charge < -0.3 is 15.6 Å². The van der Waals surface area contributed by atoms with Gasteiger partial charge in [-0.1, -0.05) is 18.2 Å². The summed E-state index contributed by atoms with van der Waals surface area (Å²) in [4.78, 5) is 0. The summed E-state index contributed by atoms with van der Waals surface area (Å²) in [5.41, 5.74) is 6.43. The third-order valence-electron chi connectivity index (χ3n) is 2.85. The van der Waals surface area contributed by atoms with Crippen molar-refractivity contribution in [2.75, 3.05) is 7.11 Å². The molecule has 3 nitrogen and oxygen atoms in total. The van der Waals surface area contributed by atoms with Gasteiger partial charge in [-0.15, -0.1) is 0 Å². The van der Waals surface area contributed by atoms with Gasteiger partial charge in [-0.25, -0.2) is 0 Å². The van der Waals surface area contributed by atoms with Crippen molar-refractivity contribution in [3.8, 4) is 5.75 Å². The standard InChI is InChI=1S/C12H19NO2/c1-8-6-5-7-10(11(8)15-4)12(3,14)9(2)13/h5-7,9,14H,13H2,1-4H3. The molecule has 0 aliphatic heterocycles. The summed E-state index contributed by atoms with van der Waals surface area (Å²) in [6, 6.07) is 5.33. The van der Waals surface area contributed by atoms with Crippen LogP contribution in [0.3, 0.4) is 0 Å². The maximum atomic E-state index is 10.3. The highest BCUT2D eigenvalue weighted by molar-refractivity contribution is 5.44. The van der Waals surface area contributed by atoms with E-state index >= 15 is 0 Å². The van der Waals surface area contributed by atoms with Gasteiger partial charge in [0, 0.05) is 11.6 Å². The first-order valence-corrected chi connectivity index (χ1v) is 5.03. The van der Waals surface area contributed by atoms with Crippen LogP contribution in [0, 0.1) is 6.92 Å². The molecule has 84 valence electrons. The number of hydrogen-bond acceptors (Lipinski definition) is 3. The van der Waals surface area contributed by atoms with E-state index in [-0.39, 0.29) is 6.04 Å². The number of methoxy groups -OCH3 is 1. The molecule has 0 aliphatic rings. The monoisotopic (exact) mass is 209 g/mol. The molecule has 3 N–H and O–H groups in total. The molecule has 0 fully saturated rings. The molecule has 15 heavy (non-hydrogen) atoms. The zero-order valence-corrected chi connectivity index (χ0v) is 9.74. The lowest BCUT2D eigenvalue weighted by Gasteiger charge is -2.30. The quantitative estimate of drug-likeness (QED) is 0.794. The van der Waals surface area contributed by atoms with E-state index in [2.05, 4.69) is 0 Å². The SMILES string of the molecule is COc1c(C)cccc1C(C)(O)C(C)N. The zero-order chi connectivity index (χ0) is 11.6. The Bertz CT molecular complexity index is 345. The van der Waals surface area contributed by atoms with Crippen LogP contribution in [0.15, 0.2) is 18.2 Å². The van der Waals surface area contributed by atoms with E-state index in [0.717, 1.165) is 11.1 Å². The summed E-state index contributed by atoms with van der Waals surface area (Å²) < 4.78 is 5.30. The second-order valence-electron chi connectivity index (χ2n) is 4.09. The average molecular weight is 209 g/mol. The number of aryl methyl sites for hydroxylation is 1. The number of benzene rings is 1. The maximum absolute atomic E-state index is 10.3. The average Bonchev–Trinajstić information content (AvgIpc) is 2.17. The Morgan fingerprint density at radius 2 is 2.07 bits per heavy atom. The second-order valence-corrected chi connectivity index (χ2v) is 4.09. The lowest BCUT2D eigenvalue weighted by atomic mass is 9.88. The molecule has 0 bridgehead atoms. The number of nitrogens with two attached hydrogens (primary N) is 1. The summed E-state index contributed by atoms with van der Waals surface area (Å²) in [7, 11) is 1.60. The van der Waals surface area contributed by atoms with Crippen molar-refractivity contribution in [1.29, 1.82) is 0 Å². The van der Waals surface area contributed by atoms with Crippen molar-refractivity contribution in [2.45, 2.75) is 32.4 Å². The van der Waals surface area contributed by atoms with Crippen molar-refractivity contribution in [3.05, 3.63) is 29.3 Å². The fourth-order valence-electron chi connectivity index (χ4n) is 1.57. The number of ether oxygens (including phenoxy) is 1. The van der Waals surface area contributed by atoms with E-state index in [4.69, 9.17) is 10.5 Å². The van der Waals surface area contributed by atoms with Gasteiger partial charge in [-0.3, -0.25) is 0 Å². The van der Waals surface area contributed by atoms with E-state index in [1.165, 1.54) is 0 Å². The minimum atomic E-state index is -1.07. The molecule has 0 aliphatic carbocycles. The summed E-state index contributed by atoms with van der Waals surface area (Å²) in [5, 5.41) is 10.3. The van der Waals surface area contributed by atoms with Crippen molar-refractivity contribution >= 4 is 0 Å². The van der Waals surface area contributed by atoms with Crippen LogP contribution in [-0.2, 0) is 5.60 Å². The summed E-state index contributed by atoms with van der Waals surface area (Å²) in [6.07, 6.45) is 0. The van der Waals surface area contributed by atoms with Crippen LogP contribution in [-0.4, -0.2) is 18.3 Å². The number of para-hydroxylation sites is 1. The molecule has 3 heteroatoms. The normalized spacial score (nSPS) is 16.9. The number of aliphatic hydroxyl groups is 1. The lowest BCUT2D eigenvalue weighted by Crippen LogP contribution is -2.41. The van der Waals surface area contributed by atoms with Gasteiger partial charge in [0.2, 0.25) is 0 Å². The lowest BCUT2D eigenvalue weighted by molar-refractivity contribution is 0.0324. The molecule has 0 heterocycles. The third-order valence-corrected chi connectivity index (χ3v) is 2.85. The molecule has 1 rings (SSSR count). The smallest absolute Gasteiger partial charge is 0.127 e. The van der Waals surface area contributed by atoms with Crippen LogP contribution in [0.4, 0.5) is 0 Å². The molecular weight excluding hydrogens is 190 g/mol. The van der Waals surface area contributed by atoms with Gasteiger partial charge >= 0.3 is 0 Å². The van der Waals surface area contributed by atoms with Crippen LogP contribution in [0.1, 0.15) is 25.0 Å². The van der Waals surface area contributed by atoms with E-state index < -0.39 is 5.60 Å². The molecule has 0 saturated carbocycles. The summed E-state index contributed by atoms with van der Waals surface area (Å²) in [5.74, 6) is 0.708. The van der Waals surface area contributed by atoms with Crippen LogP contribution < -0.4 is 10.5 Å². The molecule has 1 aromatic rings. The molecule has 0 saturated heterocycles. The topological polar surface area (TPSA) is 55.5 Å². The number of rotatable bonds is 3. The van der Waals surface area contributed by atoms with Crippen LogP contribution >= 0.6 is 0 Å². The van der Waals surface area contributed by atoms with Crippen LogP contribution in [0.2, 0.25) is 0 Å². The van der Waals surface area contributed by atoms with Gasteiger partial charge in [0.1, 0.15) is 11.4 Å². The number of hydrogen-bond donors (Lipinski definition) is 2. The summed E-state index contributed by atoms with van der Waals surface area (Å²) >= 11 is 0. The third kappa shape index (κ3) is 2.13. The first-order valence-electron chi connectivity index (χ1n) is 5.03. The van der Waals surface area contributed by atoms with Crippen molar-refractivity contribution < 1.29 is 9.84 Å². The van der Waals surface area contributed by atoms with Gasteiger partial charge in [0.15, 0.2) is 0 Å². The van der Waals surface area contributed by atoms with E-state index in [1.807, 2.05) is 25.1 Å². The predicted molar refractivity (Wildman–Crippen MR) is 61.0 cm³/mol. The highest BCUT2D eigenvalue weighted by Gasteiger charge is 2.31. The minimum Gasteiger partial charge on any atom is -0.496 e. The van der Waals surface area contributed by atoms with Crippen LogP contribution in [0.5, 0.6) is 5.75 Å². The minimum absolute atomic E-state index is 0.354. The molecular formula is C12H19NO2. The first kappa shape index (κ1) is 12.0. The first-order chi connectivity index (χ1) is 6.91. The largest absolute Gasteiger partial charge is 0.496 e. The molecule has 0 spiro atoms. The Hall–Kier alpha value is -1.06. The zero-order valence-electron chi connectivity index (χ0n) is 9.74. The summed E-state index contributed by atoms with van der Waals surface area (Å²) in [6.45, 7) is 5.43. The Balaban J connectivity index is 3.31. The molecule has 1 aromatic carbocycles.